The lowest BCUT2D eigenvalue weighted by atomic mass is 9.85. The highest BCUT2D eigenvalue weighted by atomic mass is 16.2. The summed E-state index contributed by atoms with van der Waals surface area (Å²) in [5.74, 6) is 2.17. The molecule has 1 N–H and O–H groups in total. The third kappa shape index (κ3) is 3.76. The normalized spacial score (nSPS) is 30.9. The van der Waals surface area contributed by atoms with E-state index in [0.717, 1.165) is 32.4 Å². The Morgan fingerprint density at radius 1 is 1.15 bits per heavy atom. The summed E-state index contributed by atoms with van der Waals surface area (Å²) in [6.45, 7) is 9.06. The highest BCUT2D eigenvalue weighted by molar-refractivity contribution is 5.81. The summed E-state index contributed by atoms with van der Waals surface area (Å²) in [5, 5.41) is 2.93. The van der Waals surface area contributed by atoms with E-state index in [1.807, 2.05) is 0 Å². The van der Waals surface area contributed by atoms with Gasteiger partial charge in [-0.3, -0.25) is 9.59 Å². The largest absolute Gasteiger partial charge is 0.355 e. The number of carbonyl (C=O) groups is 2. The molecule has 2 aliphatic heterocycles. The zero-order valence-electron chi connectivity index (χ0n) is 16.8. The second-order valence-electron chi connectivity index (χ2n) is 9.72. The van der Waals surface area contributed by atoms with Crippen molar-refractivity contribution in [3.63, 3.8) is 0 Å². The number of hydrogen-bond acceptors (Lipinski definition) is 2. The molecule has 2 heterocycles. The van der Waals surface area contributed by atoms with Crippen molar-refractivity contribution in [2.75, 3.05) is 19.6 Å². The smallest absolute Gasteiger partial charge is 0.227 e. The Kier molecular flexibility index (Phi) is 4.77. The lowest BCUT2D eigenvalue weighted by Crippen LogP contribution is -2.42. The molecule has 1 aromatic rings. The molecule has 0 spiro atoms. The number of nitrogens with zero attached hydrogens (tertiary/aromatic N) is 1. The zero-order chi connectivity index (χ0) is 19.2. The van der Waals surface area contributed by atoms with E-state index < -0.39 is 0 Å². The van der Waals surface area contributed by atoms with Gasteiger partial charge in [-0.2, -0.15) is 0 Å². The van der Waals surface area contributed by atoms with Gasteiger partial charge >= 0.3 is 0 Å². The molecule has 0 bridgehead atoms. The molecule has 27 heavy (non-hydrogen) atoms. The fourth-order valence-corrected chi connectivity index (χ4v) is 4.99. The lowest BCUT2D eigenvalue weighted by Gasteiger charge is -2.27. The van der Waals surface area contributed by atoms with E-state index in [0.29, 0.717) is 30.7 Å². The fraction of sp³-hybridized carbons (Fsp3) is 0.652. The van der Waals surface area contributed by atoms with Crippen LogP contribution >= 0.6 is 0 Å². The van der Waals surface area contributed by atoms with E-state index in [1.54, 1.807) is 0 Å². The second-order valence-corrected chi connectivity index (χ2v) is 9.72. The maximum Gasteiger partial charge on any atom is 0.227 e. The van der Waals surface area contributed by atoms with Crippen LogP contribution in [0.4, 0.5) is 0 Å². The van der Waals surface area contributed by atoms with Crippen LogP contribution in [0.3, 0.4) is 0 Å². The van der Waals surface area contributed by atoms with Crippen molar-refractivity contribution in [2.45, 2.75) is 57.8 Å². The molecular weight excluding hydrogens is 336 g/mol. The van der Waals surface area contributed by atoms with Gasteiger partial charge in [-0.1, -0.05) is 51.5 Å². The summed E-state index contributed by atoms with van der Waals surface area (Å²) >= 11 is 0. The highest BCUT2D eigenvalue weighted by Crippen LogP contribution is 2.58. The lowest BCUT2D eigenvalue weighted by molar-refractivity contribution is -0.135. The third-order valence-corrected chi connectivity index (χ3v) is 6.74. The number of carbonyl (C=O) groups excluding carboxylic acids is 2. The van der Waals surface area contributed by atoms with Crippen LogP contribution in [-0.2, 0) is 15.0 Å². The van der Waals surface area contributed by atoms with Gasteiger partial charge in [0.05, 0.1) is 5.92 Å². The Hall–Kier alpha value is -1.84. The van der Waals surface area contributed by atoms with Crippen molar-refractivity contribution >= 4 is 11.8 Å². The number of piperidine rings is 1. The first-order valence-electron chi connectivity index (χ1n) is 10.5. The van der Waals surface area contributed by atoms with Gasteiger partial charge in [0.2, 0.25) is 11.8 Å². The third-order valence-electron chi connectivity index (χ3n) is 6.74. The SMILES string of the molecule is CC(C)(C)c1cccc(C2[C@H]3CN(C(=O)[C@@H]4CCCCC(=O)NC4)C[C@@H]23)c1. The van der Waals surface area contributed by atoms with E-state index in [1.165, 1.54) is 11.1 Å². The van der Waals surface area contributed by atoms with Gasteiger partial charge in [0.15, 0.2) is 0 Å². The fourth-order valence-electron chi connectivity index (χ4n) is 4.99. The quantitative estimate of drug-likeness (QED) is 0.869. The first-order chi connectivity index (χ1) is 12.8. The van der Waals surface area contributed by atoms with Crippen LogP contribution in [0.2, 0.25) is 0 Å². The van der Waals surface area contributed by atoms with E-state index in [4.69, 9.17) is 0 Å². The Balaban J connectivity index is 1.37. The predicted molar refractivity (Wildman–Crippen MR) is 106 cm³/mol. The zero-order valence-corrected chi connectivity index (χ0v) is 16.8. The van der Waals surface area contributed by atoms with Crippen molar-refractivity contribution in [1.29, 1.82) is 0 Å². The van der Waals surface area contributed by atoms with Gasteiger partial charge in [0.1, 0.15) is 0 Å². The average Bonchev–Trinajstić information content (AvgIpc) is 3.11. The molecule has 3 fully saturated rings. The predicted octanol–water partition coefficient (Wildman–Crippen LogP) is 3.46. The first-order valence-corrected chi connectivity index (χ1v) is 10.5. The number of amides is 2. The van der Waals surface area contributed by atoms with Crippen LogP contribution in [0.5, 0.6) is 0 Å². The van der Waals surface area contributed by atoms with E-state index >= 15 is 0 Å². The molecular formula is C23H32N2O2. The van der Waals surface area contributed by atoms with Crippen molar-refractivity contribution in [1.82, 2.24) is 10.2 Å². The van der Waals surface area contributed by atoms with Gasteiger partial charge in [-0.25, -0.2) is 0 Å². The molecule has 4 rings (SSSR count). The van der Waals surface area contributed by atoms with Gasteiger partial charge in [-0.15, -0.1) is 0 Å². The summed E-state index contributed by atoms with van der Waals surface area (Å²) in [6, 6.07) is 9.04. The number of nitrogens with one attached hydrogen (secondary N) is 1. The molecule has 2 saturated heterocycles. The first kappa shape index (κ1) is 18.5. The van der Waals surface area contributed by atoms with Crippen LogP contribution in [0.1, 0.15) is 63.5 Å². The molecule has 1 aromatic carbocycles. The number of benzene rings is 1. The number of fused-ring (bicyclic) bond motifs is 1. The van der Waals surface area contributed by atoms with Crippen LogP contribution in [0.25, 0.3) is 0 Å². The van der Waals surface area contributed by atoms with E-state index in [-0.39, 0.29) is 23.1 Å². The minimum atomic E-state index is -0.0329. The van der Waals surface area contributed by atoms with Crippen molar-refractivity contribution in [3.8, 4) is 0 Å². The van der Waals surface area contributed by atoms with Gasteiger partial charge in [0, 0.05) is 26.1 Å². The highest BCUT2D eigenvalue weighted by Gasteiger charge is 2.57. The molecule has 3 aliphatic rings. The second kappa shape index (κ2) is 6.96. The number of likely N-dealkylation sites (tertiary alicyclic amines) is 1. The molecule has 2 amide bonds. The average molecular weight is 369 g/mol. The molecule has 1 aliphatic carbocycles. The molecule has 0 radical (unpaired) electrons. The maximum atomic E-state index is 12.9. The Morgan fingerprint density at radius 2 is 1.89 bits per heavy atom. The Labute approximate surface area is 162 Å². The van der Waals surface area contributed by atoms with E-state index in [9.17, 15) is 9.59 Å². The van der Waals surface area contributed by atoms with Gasteiger partial charge < -0.3 is 10.2 Å². The Bertz CT molecular complexity index is 724. The summed E-state index contributed by atoms with van der Waals surface area (Å²) in [5.41, 5.74) is 3.01. The maximum absolute atomic E-state index is 12.9. The topological polar surface area (TPSA) is 49.4 Å². The molecule has 4 atom stereocenters. The monoisotopic (exact) mass is 368 g/mol. The summed E-state index contributed by atoms with van der Waals surface area (Å²) < 4.78 is 0. The van der Waals surface area contributed by atoms with Gasteiger partial charge in [0.25, 0.3) is 0 Å². The molecule has 4 nitrogen and oxygen atoms in total. The molecule has 0 aromatic heterocycles. The number of hydrogen-bond donors (Lipinski definition) is 1. The van der Waals surface area contributed by atoms with Crippen molar-refractivity contribution in [3.05, 3.63) is 35.4 Å². The van der Waals surface area contributed by atoms with E-state index in [2.05, 4.69) is 55.3 Å². The standard InChI is InChI=1S/C23H32N2O2/c1-23(2,3)17-9-6-8-15(11-17)21-18-13-25(14-19(18)21)22(27)16-7-4-5-10-20(26)24-12-16/h6,8-9,11,16,18-19,21H,4-5,7,10,12-14H2,1-3H3,(H,24,26)/t16-,18-,19+,21?/m1/s1. The van der Waals surface area contributed by atoms with Crippen LogP contribution in [0.15, 0.2) is 24.3 Å². The van der Waals surface area contributed by atoms with Gasteiger partial charge in [-0.05, 0) is 47.1 Å². The Morgan fingerprint density at radius 3 is 2.59 bits per heavy atom. The minimum absolute atomic E-state index is 0.0329. The molecule has 1 unspecified atom stereocenters. The molecule has 4 heteroatoms. The summed E-state index contributed by atoms with van der Waals surface area (Å²) in [4.78, 5) is 26.7. The minimum Gasteiger partial charge on any atom is -0.355 e. The number of rotatable bonds is 2. The summed E-state index contributed by atoms with van der Waals surface area (Å²) in [6.07, 6.45) is 3.38. The van der Waals surface area contributed by atoms with Crippen molar-refractivity contribution in [2.24, 2.45) is 17.8 Å². The molecule has 1 saturated carbocycles. The summed E-state index contributed by atoms with van der Waals surface area (Å²) in [7, 11) is 0. The van der Waals surface area contributed by atoms with Crippen molar-refractivity contribution < 1.29 is 9.59 Å². The molecule has 146 valence electrons. The van der Waals surface area contributed by atoms with Crippen LogP contribution in [0, 0.1) is 17.8 Å². The van der Waals surface area contributed by atoms with Crippen LogP contribution < -0.4 is 5.32 Å². The van der Waals surface area contributed by atoms with Crippen LogP contribution in [-0.4, -0.2) is 36.3 Å².